The molecule has 1 amide bonds. The number of amides is 1. The van der Waals surface area contributed by atoms with Crippen LogP contribution in [0.25, 0.3) is 33.4 Å². The summed E-state index contributed by atoms with van der Waals surface area (Å²) in [6.45, 7) is -0.413. The number of thiophene rings is 1. The first-order valence-electron chi connectivity index (χ1n) is 8.94. The molecular weight excluding hydrogens is 393 g/mol. The molecule has 1 atom stereocenters. The molecule has 0 spiro atoms. The topological polar surface area (TPSA) is 98.2 Å². The summed E-state index contributed by atoms with van der Waals surface area (Å²) >= 11 is 1.29. The van der Waals surface area contributed by atoms with Gasteiger partial charge in [0.25, 0.3) is 5.91 Å². The normalized spacial score (nSPS) is 12.2. The lowest BCUT2D eigenvalue weighted by Gasteiger charge is -2.07. The lowest BCUT2D eigenvalue weighted by Crippen LogP contribution is -2.33. The molecule has 1 aromatic carbocycles. The summed E-state index contributed by atoms with van der Waals surface area (Å²) in [4.78, 5) is 20.4. The Bertz CT molecular complexity index is 1150. The van der Waals surface area contributed by atoms with E-state index in [0.717, 1.165) is 33.4 Å². The van der Waals surface area contributed by atoms with Crippen LogP contribution in [0.4, 0.5) is 4.39 Å². The highest BCUT2D eigenvalue weighted by atomic mass is 32.1. The molecule has 3 heterocycles. The number of hydrogen-bond donors (Lipinski definition) is 4. The Balaban J connectivity index is 1.56. The smallest absolute Gasteiger partial charge is 0.261 e. The third kappa shape index (κ3) is 4.19. The average molecular weight is 411 g/mol. The van der Waals surface area contributed by atoms with Crippen molar-refractivity contribution >= 4 is 28.3 Å². The molecule has 0 fully saturated rings. The molecule has 6 nitrogen and oxygen atoms in total. The Morgan fingerprint density at radius 2 is 1.97 bits per heavy atom. The highest BCUT2D eigenvalue weighted by Crippen LogP contribution is 2.29. The van der Waals surface area contributed by atoms with Crippen LogP contribution in [0.1, 0.15) is 9.67 Å². The van der Waals surface area contributed by atoms with Crippen LogP contribution in [0.2, 0.25) is 0 Å². The predicted octanol–water partition coefficient (Wildman–Crippen LogP) is 3.18. The molecule has 0 radical (unpaired) electrons. The predicted molar refractivity (Wildman–Crippen MR) is 110 cm³/mol. The Morgan fingerprint density at radius 1 is 1.17 bits per heavy atom. The molecule has 0 aliphatic heterocycles. The first kappa shape index (κ1) is 19.3. The SMILES string of the molecule is O=C(NC[C@@H](O)CO)c1cc(-c2cnc3[nH]c(-c4ccc(F)cc4)cc3c2)cs1. The van der Waals surface area contributed by atoms with Crippen LogP contribution in [0, 0.1) is 5.82 Å². The quantitative estimate of drug-likeness (QED) is 0.392. The van der Waals surface area contributed by atoms with Crippen molar-refractivity contribution in [2.75, 3.05) is 13.2 Å². The van der Waals surface area contributed by atoms with Crippen LogP contribution < -0.4 is 5.32 Å². The van der Waals surface area contributed by atoms with Gasteiger partial charge in [-0.2, -0.15) is 0 Å². The van der Waals surface area contributed by atoms with E-state index in [1.165, 1.54) is 23.5 Å². The van der Waals surface area contributed by atoms with Crippen LogP contribution in [0.3, 0.4) is 0 Å². The molecule has 4 N–H and O–H groups in total. The van der Waals surface area contributed by atoms with Gasteiger partial charge in [-0.1, -0.05) is 0 Å². The van der Waals surface area contributed by atoms with Crippen LogP contribution >= 0.6 is 11.3 Å². The van der Waals surface area contributed by atoms with Gasteiger partial charge >= 0.3 is 0 Å². The molecule has 0 saturated heterocycles. The molecular formula is C21H18FN3O3S. The number of benzene rings is 1. The van der Waals surface area contributed by atoms with Gasteiger partial charge in [-0.15, -0.1) is 11.3 Å². The fraction of sp³-hybridized carbons (Fsp3) is 0.143. The van der Waals surface area contributed by atoms with Crippen molar-refractivity contribution in [2.24, 2.45) is 0 Å². The summed E-state index contributed by atoms with van der Waals surface area (Å²) in [7, 11) is 0. The van der Waals surface area contributed by atoms with E-state index in [2.05, 4.69) is 15.3 Å². The van der Waals surface area contributed by atoms with Gasteiger partial charge in [0.2, 0.25) is 0 Å². The minimum Gasteiger partial charge on any atom is -0.394 e. The Hall–Kier alpha value is -3.07. The summed E-state index contributed by atoms with van der Waals surface area (Å²) < 4.78 is 13.1. The number of carbonyl (C=O) groups excluding carboxylic acids is 1. The van der Waals surface area contributed by atoms with Gasteiger partial charge in [-0.25, -0.2) is 9.37 Å². The van der Waals surface area contributed by atoms with Crippen LogP contribution in [-0.2, 0) is 0 Å². The number of aliphatic hydroxyl groups is 2. The number of pyridine rings is 1. The maximum atomic E-state index is 13.1. The number of aliphatic hydroxyl groups excluding tert-OH is 2. The number of hydrogen-bond acceptors (Lipinski definition) is 5. The van der Waals surface area contributed by atoms with Gasteiger partial charge in [0, 0.05) is 29.4 Å². The number of halogens is 1. The molecule has 4 aromatic rings. The van der Waals surface area contributed by atoms with E-state index >= 15 is 0 Å². The summed E-state index contributed by atoms with van der Waals surface area (Å²) in [5.41, 5.74) is 4.16. The lowest BCUT2D eigenvalue weighted by atomic mass is 10.1. The van der Waals surface area contributed by atoms with E-state index in [1.54, 1.807) is 24.4 Å². The standard InChI is InChI=1S/C21H18FN3O3S/c22-16-3-1-12(2-4-16)18-6-13-5-14(8-23-20(13)25-18)15-7-19(29-11-15)21(28)24-9-17(27)10-26/h1-8,11,17,26-27H,9-10H2,(H,23,25)(H,24,28)/t17-/m1/s1. The van der Waals surface area contributed by atoms with E-state index in [-0.39, 0.29) is 18.3 Å². The maximum Gasteiger partial charge on any atom is 0.261 e. The molecule has 0 aliphatic rings. The molecule has 0 unspecified atom stereocenters. The number of carbonyl (C=O) groups is 1. The number of nitrogens with zero attached hydrogens (tertiary/aromatic N) is 1. The largest absolute Gasteiger partial charge is 0.394 e. The number of nitrogens with one attached hydrogen (secondary N) is 2. The van der Waals surface area contributed by atoms with E-state index in [4.69, 9.17) is 5.11 Å². The Labute approximate surface area is 169 Å². The van der Waals surface area contributed by atoms with Crippen LogP contribution in [0.15, 0.2) is 54.0 Å². The summed E-state index contributed by atoms with van der Waals surface area (Å²) in [5, 5.41) is 23.5. The average Bonchev–Trinajstić information content (AvgIpc) is 3.39. The number of aromatic amines is 1. The molecule has 0 saturated carbocycles. The second-order valence-corrected chi connectivity index (χ2v) is 7.51. The van der Waals surface area contributed by atoms with Gasteiger partial charge < -0.3 is 20.5 Å². The fourth-order valence-electron chi connectivity index (χ4n) is 2.93. The van der Waals surface area contributed by atoms with E-state index in [0.29, 0.717) is 4.88 Å². The molecule has 0 aliphatic carbocycles. The van der Waals surface area contributed by atoms with Crippen molar-refractivity contribution in [3.8, 4) is 22.4 Å². The molecule has 8 heteroatoms. The fourth-order valence-corrected chi connectivity index (χ4v) is 3.76. The number of fused-ring (bicyclic) bond motifs is 1. The summed E-state index contributed by atoms with van der Waals surface area (Å²) in [6.07, 6.45) is 0.751. The first-order chi connectivity index (χ1) is 14.0. The Kier molecular flexibility index (Phi) is 5.39. The van der Waals surface area contributed by atoms with E-state index in [1.807, 2.05) is 17.5 Å². The molecule has 29 heavy (non-hydrogen) atoms. The first-order valence-corrected chi connectivity index (χ1v) is 9.82. The van der Waals surface area contributed by atoms with Crippen molar-refractivity contribution in [3.05, 3.63) is 64.7 Å². The van der Waals surface area contributed by atoms with Gasteiger partial charge in [0.1, 0.15) is 11.5 Å². The van der Waals surface area contributed by atoms with Crippen molar-refractivity contribution in [2.45, 2.75) is 6.10 Å². The van der Waals surface area contributed by atoms with E-state index < -0.39 is 12.7 Å². The van der Waals surface area contributed by atoms with Crippen molar-refractivity contribution in [1.82, 2.24) is 15.3 Å². The molecule has 148 valence electrons. The zero-order chi connectivity index (χ0) is 20.4. The molecule has 4 rings (SSSR count). The number of H-pyrrole nitrogens is 1. The van der Waals surface area contributed by atoms with Crippen molar-refractivity contribution in [3.63, 3.8) is 0 Å². The monoisotopic (exact) mass is 411 g/mol. The number of rotatable bonds is 6. The highest BCUT2D eigenvalue weighted by Gasteiger charge is 2.13. The van der Waals surface area contributed by atoms with Gasteiger partial charge in [0.15, 0.2) is 0 Å². The number of aromatic nitrogens is 2. The molecule has 3 aromatic heterocycles. The van der Waals surface area contributed by atoms with Gasteiger partial charge in [-0.3, -0.25) is 4.79 Å². The molecule has 0 bridgehead atoms. The minimum absolute atomic E-state index is 0.00834. The van der Waals surface area contributed by atoms with Gasteiger partial charge in [0.05, 0.1) is 17.6 Å². The zero-order valence-electron chi connectivity index (χ0n) is 15.2. The third-order valence-electron chi connectivity index (χ3n) is 4.49. The zero-order valence-corrected chi connectivity index (χ0v) is 16.0. The van der Waals surface area contributed by atoms with Crippen LogP contribution in [-0.4, -0.2) is 45.3 Å². The highest BCUT2D eigenvalue weighted by molar-refractivity contribution is 7.12. The third-order valence-corrected chi connectivity index (χ3v) is 5.42. The Morgan fingerprint density at radius 3 is 2.72 bits per heavy atom. The van der Waals surface area contributed by atoms with Crippen molar-refractivity contribution < 1.29 is 19.4 Å². The minimum atomic E-state index is -0.978. The van der Waals surface area contributed by atoms with Crippen LogP contribution in [0.5, 0.6) is 0 Å². The van der Waals surface area contributed by atoms with E-state index in [9.17, 15) is 14.3 Å². The van der Waals surface area contributed by atoms with Gasteiger partial charge in [-0.05, 0) is 59.0 Å². The lowest BCUT2D eigenvalue weighted by molar-refractivity contribution is 0.0804. The van der Waals surface area contributed by atoms with Crippen molar-refractivity contribution in [1.29, 1.82) is 0 Å². The maximum absolute atomic E-state index is 13.1. The second kappa shape index (κ2) is 8.12. The second-order valence-electron chi connectivity index (χ2n) is 6.60. The summed E-state index contributed by atoms with van der Waals surface area (Å²) in [5.74, 6) is -0.587. The summed E-state index contributed by atoms with van der Waals surface area (Å²) in [6, 6.07) is 11.9.